The highest BCUT2D eigenvalue weighted by molar-refractivity contribution is 5.93. The summed E-state index contributed by atoms with van der Waals surface area (Å²) in [7, 11) is 0. The van der Waals surface area contributed by atoms with Crippen molar-refractivity contribution in [3.05, 3.63) is 69.5 Å². The first-order valence-electron chi connectivity index (χ1n) is 7.64. The van der Waals surface area contributed by atoms with Crippen LogP contribution in [0, 0.1) is 0 Å². The third kappa shape index (κ3) is 3.01. The molecule has 0 fully saturated rings. The number of aromatic carboxylic acids is 1. The zero-order valence-electron chi connectivity index (χ0n) is 13.1. The van der Waals surface area contributed by atoms with Gasteiger partial charge in [0, 0.05) is 5.56 Å². The first-order chi connectivity index (χ1) is 11.6. The summed E-state index contributed by atoms with van der Waals surface area (Å²) in [5, 5.41) is 9.38. The number of rotatable bonds is 5. The quantitative estimate of drug-likeness (QED) is 0.760. The Bertz CT molecular complexity index is 961. The lowest BCUT2D eigenvalue weighted by Gasteiger charge is -2.07. The summed E-state index contributed by atoms with van der Waals surface area (Å²) in [6.45, 7) is 1.97. The Labute approximate surface area is 137 Å². The van der Waals surface area contributed by atoms with E-state index in [9.17, 15) is 9.59 Å². The molecule has 1 aromatic carbocycles. The topological polar surface area (TPSA) is 80.7 Å². The highest BCUT2D eigenvalue weighted by Crippen LogP contribution is 2.20. The van der Waals surface area contributed by atoms with Gasteiger partial charge >= 0.3 is 5.97 Å². The lowest BCUT2D eigenvalue weighted by atomic mass is 10.0. The smallest absolute Gasteiger partial charge is 0.335 e. The van der Waals surface area contributed by atoms with Crippen LogP contribution in [0.3, 0.4) is 0 Å². The Kier molecular flexibility index (Phi) is 4.33. The molecule has 0 unspecified atom stereocenters. The number of hydrogen-bond acceptors (Lipinski definition) is 4. The van der Waals surface area contributed by atoms with E-state index in [1.165, 1.54) is 18.2 Å². The minimum Gasteiger partial charge on any atom is -0.478 e. The van der Waals surface area contributed by atoms with E-state index in [4.69, 9.17) is 13.9 Å². The van der Waals surface area contributed by atoms with Gasteiger partial charge in [0.15, 0.2) is 5.43 Å². The van der Waals surface area contributed by atoms with Gasteiger partial charge in [0.1, 0.15) is 17.1 Å². The van der Waals surface area contributed by atoms with Crippen LogP contribution in [0.4, 0.5) is 0 Å². The van der Waals surface area contributed by atoms with Crippen molar-refractivity contribution in [2.45, 2.75) is 19.8 Å². The fourth-order valence-electron chi connectivity index (χ4n) is 2.55. The molecule has 0 saturated carbocycles. The molecule has 0 spiro atoms. The molecule has 1 N–H and O–H groups in total. The van der Waals surface area contributed by atoms with Gasteiger partial charge in [0.2, 0.25) is 0 Å². The predicted octanol–water partition coefficient (Wildman–Crippen LogP) is 4.21. The second-order valence-corrected chi connectivity index (χ2v) is 5.39. The average molecular weight is 324 g/mol. The van der Waals surface area contributed by atoms with Crippen LogP contribution < -0.4 is 5.43 Å². The van der Waals surface area contributed by atoms with Gasteiger partial charge in [-0.3, -0.25) is 4.79 Å². The van der Waals surface area contributed by atoms with Crippen molar-refractivity contribution in [2.24, 2.45) is 0 Å². The van der Waals surface area contributed by atoms with E-state index in [2.05, 4.69) is 0 Å². The molecule has 2 aromatic heterocycles. The molecule has 2 heterocycles. The fourth-order valence-corrected chi connectivity index (χ4v) is 2.55. The van der Waals surface area contributed by atoms with E-state index in [1.807, 2.05) is 6.92 Å². The standard InChI is InChI=1S/C19H16O5/c1-2-4-14-16(9-7-13-5-3-10-23-13)24-17-8-6-12(19(21)22)11-15(17)18(14)20/h3,5-11H,2,4H2,1H3,(H,21,22)/b9-7+. The van der Waals surface area contributed by atoms with Crippen LogP contribution in [0.5, 0.6) is 0 Å². The molecule has 0 aliphatic rings. The van der Waals surface area contributed by atoms with Crippen molar-refractivity contribution in [1.82, 2.24) is 0 Å². The number of furan rings is 1. The van der Waals surface area contributed by atoms with E-state index in [1.54, 1.807) is 30.5 Å². The predicted molar refractivity (Wildman–Crippen MR) is 91.1 cm³/mol. The Balaban J connectivity index is 2.18. The molecule has 0 aliphatic heterocycles. The Hall–Kier alpha value is -3.08. The number of fused-ring (bicyclic) bond motifs is 1. The zero-order chi connectivity index (χ0) is 17.1. The zero-order valence-corrected chi connectivity index (χ0v) is 13.1. The summed E-state index contributed by atoms with van der Waals surface area (Å²) in [4.78, 5) is 23.9. The molecular formula is C19H16O5. The Morgan fingerprint density at radius 2 is 2.08 bits per heavy atom. The summed E-state index contributed by atoms with van der Waals surface area (Å²) in [6, 6.07) is 7.88. The largest absolute Gasteiger partial charge is 0.478 e. The summed E-state index contributed by atoms with van der Waals surface area (Å²) in [5.74, 6) is 0.0466. The summed E-state index contributed by atoms with van der Waals surface area (Å²) in [5.41, 5.74) is 0.774. The number of carboxylic acid groups (broad SMARTS) is 1. The van der Waals surface area contributed by atoms with Crippen LogP contribution in [0.15, 0.2) is 50.2 Å². The van der Waals surface area contributed by atoms with E-state index in [0.29, 0.717) is 29.1 Å². The average Bonchev–Trinajstić information content (AvgIpc) is 3.09. The molecule has 0 aliphatic carbocycles. The molecule has 0 amide bonds. The van der Waals surface area contributed by atoms with Gasteiger partial charge < -0.3 is 13.9 Å². The monoisotopic (exact) mass is 324 g/mol. The Morgan fingerprint density at radius 1 is 1.25 bits per heavy atom. The molecule has 3 aromatic rings. The van der Waals surface area contributed by atoms with E-state index >= 15 is 0 Å². The third-order valence-electron chi connectivity index (χ3n) is 3.70. The lowest BCUT2D eigenvalue weighted by molar-refractivity contribution is 0.0697. The maximum atomic E-state index is 12.8. The number of benzene rings is 1. The molecule has 24 heavy (non-hydrogen) atoms. The van der Waals surface area contributed by atoms with Gasteiger partial charge in [-0.05, 0) is 48.9 Å². The maximum absolute atomic E-state index is 12.8. The highest BCUT2D eigenvalue weighted by atomic mass is 16.4. The van der Waals surface area contributed by atoms with Crippen molar-refractivity contribution in [3.63, 3.8) is 0 Å². The van der Waals surface area contributed by atoms with Gasteiger partial charge in [0.25, 0.3) is 0 Å². The fraction of sp³-hybridized carbons (Fsp3) is 0.158. The molecule has 0 atom stereocenters. The van der Waals surface area contributed by atoms with Gasteiger partial charge in [-0.2, -0.15) is 0 Å². The van der Waals surface area contributed by atoms with Gasteiger partial charge in [-0.15, -0.1) is 0 Å². The van der Waals surface area contributed by atoms with E-state index in [0.717, 1.165) is 6.42 Å². The Morgan fingerprint density at radius 3 is 2.75 bits per heavy atom. The number of hydrogen-bond donors (Lipinski definition) is 1. The summed E-state index contributed by atoms with van der Waals surface area (Å²) >= 11 is 0. The van der Waals surface area contributed by atoms with Crippen LogP contribution in [0.1, 0.15) is 40.8 Å². The molecule has 0 saturated heterocycles. The van der Waals surface area contributed by atoms with E-state index < -0.39 is 5.97 Å². The molecule has 5 nitrogen and oxygen atoms in total. The van der Waals surface area contributed by atoms with Crippen molar-refractivity contribution in [3.8, 4) is 0 Å². The van der Waals surface area contributed by atoms with Crippen LogP contribution in [-0.4, -0.2) is 11.1 Å². The van der Waals surface area contributed by atoms with Crippen LogP contribution in [0.25, 0.3) is 23.1 Å². The van der Waals surface area contributed by atoms with Crippen LogP contribution in [0.2, 0.25) is 0 Å². The third-order valence-corrected chi connectivity index (χ3v) is 3.70. The first-order valence-corrected chi connectivity index (χ1v) is 7.64. The number of carbonyl (C=O) groups is 1. The van der Waals surface area contributed by atoms with Crippen molar-refractivity contribution >= 4 is 29.1 Å². The summed E-state index contributed by atoms with van der Waals surface area (Å²) < 4.78 is 11.1. The second kappa shape index (κ2) is 6.58. The van der Waals surface area contributed by atoms with Gasteiger partial charge in [-0.1, -0.05) is 13.3 Å². The van der Waals surface area contributed by atoms with E-state index in [-0.39, 0.29) is 16.4 Å². The van der Waals surface area contributed by atoms with Crippen LogP contribution >= 0.6 is 0 Å². The maximum Gasteiger partial charge on any atom is 0.335 e. The normalized spacial score (nSPS) is 11.4. The minimum absolute atomic E-state index is 0.0659. The number of carboxylic acids is 1. The van der Waals surface area contributed by atoms with Gasteiger partial charge in [0.05, 0.1) is 17.2 Å². The minimum atomic E-state index is -1.07. The van der Waals surface area contributed by atoms with Crippen molar-refractivity contribution in [1.29, 1.82) is 0 Å². The second-order valence-electron chi connectivity index (χ2n) is 5.39. The lowest BCUT2D eigenvalue weighted by Crippen LogP contribution is -2.12. The molecule has 3 rings (SSSR count). The summed E-state index contributed by atoms with van der Waals surface area (Å²) in [6.07, 6.45) is 6.32. The first kappa shape index (κ1) is 15.8. The van der Waals surface area contributed by atoms with Crippen molar-refractivity contribution < 1.29 is 18.7 Å². The SMILES string of the molecule is CCCc1c(/C=C/c2ccco2)oc2ccc(C(=O)O)cc2c1=O. The van der Waals surface area contributed by atoms with Gasteiger partial charge in [-0.25, -0.2) is 4.79 Å². The molecule has 122 valence electrons. The molecule has 0 radical (unpaired) electrons. The highest BCUT2D eigenvalue weighted by Gasteiger charge is 2.14. The molecule has 0 bridgehead atoms. The van der Waals surface area contributed by atoms with Crippen molar-refractivity contribution in [2.75, 3.05) is 0 Å². The molecule has 5 heteroatoms. The van der Waals surface area contributed by atoms with Crippen LogP contribution in [-0.2, 0) is 6.42 Å². The molecular weight excluding hydrogens is 308 g/mol.